The zero-order chi connectivity index (χ0) is 16.4. The SMILES string of the molecule is COC(=O)c1ccc(F)c(-c2c(F)cc(C(C)C)cc2F)n1. The maximum Gasteiger partial charge on any atom is 0.356 e. The Morgan fingerprint density at radius 1 is 1.09 bits per heavy atom. The van der Waals surface area contributed by atoms with Crippen molar-refractivity contribution in [1.29, 1.82) is 0 Å². The van der Waals surface area contributed by atoms with Gasteiger partial charge in [0.15, 0.2) is 0 Å². The van der Waals surface area contributed by atoms with Crippen molar-refractivity contribution in [3.05, 3.63) is 53.0 Å². The van der Waals surface area contributed by atoms with Crippen LogP contribution in [-0.4, -0.2) is 18.1 Å². The summed E-state index contributed by atoms with van der Waals surface area (Å²) in [5.41, 5.74) is -0.949. The van der Waals surface area contributed by atoms with E-state index < -0.39 is 34.7 Å². The molecule has 0 bridgehead atoms. The van der Waals surface area contributed by atoms with Gasteiger partial charge in [0.2, 0.25) is 0 Å². The molecule has 0 saturated heterocycles. The fourth-order valence-electron chi connectivity index (χ4n) is 1.99. The summed E-state index contributed by atoms with van der Waals surface area (Å²) < 4.78 is 46.7. The van der Waals surface area contributed by atoms with Gasteiger partial charge in [-0.1, -0.05) is 13.8 Å². The Kier molecular flexibility index (Phi) is 4.49. The third-order valence-electron chi connectivity index (χ3n) is 3.21. The second-order valence-electron chi connectivity index (χ2n) is 5.03. The molecule has 1 aromatic carbocycles. The number of esters is 1. The first-order valence-corrected chi connectivity index (χ1v) is 6.59. The van der Waals surface area contributed by atoms with Crippen LogP contribution in [0, 0.1) is 17.5 Å². The molecule has 0 saturated carbocycles. The lowest BCUT2D eigenvalue weighted by molar-refractivity contribution is 0.0594. The third-order valence-corrected chi connectivity index (χ3v) is 3.21. The molecule has 3 nitrogen and oxygen atoms in total. The van der Waals surface area contributed by atoms with Crippen molar-refractivity contribution >= 4 is 5.97 Å². The number of hydrogen-bond donors (Lipinski definition) is 0. The Morgan fingerprint density at radius 2 is 1.68 bits per heavy atom. The largest absolute Gasteiger partial charge is 0.464 e. The lowest BCUT2D eigenvalue weighted by atomic mass is 9.99. The smallest absolute Gasteiger partial charge is 0.356 e. The molecule has 0 spiro atoms. The number of aromatic nitrogens is 1. The number of halogens is 3. The van der Waals surface area contributed by atoms with E-state index in [2.05, 4.69) is 9.72 Å². The van der Waals surface area contributed by atoms with Gasteiger partial charge in [-0.05, 0) is 35.7 Å². The maximum atomic E-state index is 14.2. The van der Waals surface area contributed by atoms with Crippen LogP contribution in [0.15, 0.2) is 24.3 Å². The molecule has 0 unspecified atom stereocenters. The Balaban J connectivity index is 2.64. The summed E-state index contributed by atoms with van der Waals surface area (Å²) in [6.07, 6.45) is 0. The predicted molar refractivity (Wildman–Crippen MR) is 75.0 cm³/mol. The fraction of sp³-hybridized carbons (Fsp3) is 0.250. The van der Waals surface area contributed by atoms with Gasteiger partial charge in [-0.25, -0.2) is 22.9 Å². The first-order chi connectivity index (χ1) is 10.3. The third kappa shape index (κ3) is 2.95. The van der Waals surface area contributed by atoms with Crippen LogP contribution >= 0.6 is 0 Å². The summed E-state index contributed by atoms with van der Waals surface area (Å²) in [6.45, 7) is 3.56. The number of pyridine rings is 1. The van der Waals surface area contributed by atoms with Crippen LogP contribution in [-0.2, 0) is 4.74 Å². The minimum atomic E-state index is -0.933. The highest BCUT2D eigenvalue weighted by atomic mass is 19.1. The van der Waals surface area contributed by atoms with E-state index >= 15 is 0 Å². The van der Waals surface area contributed by atoms with Gasteiger partial charge in [-0.3, -0.25) is 0 Å². The van der Waals surface area contributed by atoms with Gasteiger partial charge in [0.1, 0.15) is 28.8 Å². The summed E-state index contributed by atoms with van der Waals surface area (Å²) in [5, 5.41) is 0. The Hall–Kier alpha value is -2.37. The normalized spacial score (nSPS) is 10.9. The number of methoxy groups -OCH3 is 1. The Labute approximate surface area is 125 Å². The van der Waals surface area contributed by atoms with Crippen molar-refractivity contribution in [2.75, 3.05) is 7.11 Å². The number of nitrogens with zero attached hydrogens (tertiary/aromatic N) is 1. The molecule has 0 aliphatic carbocycles. The van der Waals surface area contributed by atoms with E-state index in [4.69, 9.17) is 0 Å². The number of carbonyl (C=O) groups excluding carboxylic acids is 1. The standard InChI is InChI=1S/C16H14F3NO2/c1-8(2)9-6-11(18)14(12(19)7-9)15-10(17)4-5-13(20-15)16(21)22-3/h4-8H,1-3H3. The van der Waals surface area contributed by atoms with E-state index in [1.165, 1.54) is 0 Å². The molecule has 2 rings (SSSR count). The number of hydrogen-bond acceptors (Lipinski definition) is 3. The van der Waals surface area contributed by atoms with Gasteiger partial charge in [-0.15, -0.1) is 0 Å². The average molecular weight is 309 g/mol. The Morgan fingerprint density at radius 3 is 2.18 bits per heavy atom. The molecule has 0 aliphatic heterocycles. The molecular formula is C16H14F3NO2. The molecule has 0 amide bonds. The van der Waals surface area contributed by atoms with Crippen molar-refractivity contribution in [3.8, 4) is 11.3 Å². The summed E-state index contributed by atoms with van der Waals surface area (Å²) in [5.74, 6) is -3.70. The second-order valence-corrected chi connectivity index (χ2v) is 5.03. The van der Waals surface area contributed by atoms with Crippen LogP contribution in [0.3, 0.4) is 0 Å². The van der Waals surface area contributed by atoms with E-state index in [0.717, 1.165) is 31.4 Å². The van der Waals surface area contributed by atoms with Crippen LogP contribution in [0.1, 0.15) is 35.8 Å². The zero-order valence-corrected chi connectivity index (χ0v) is 12.3. The maximum absolute atomic E-state index is 14.2. The lowest BCUT2D eigenvalue weighted by Gasteiger charge is -2.11. The fourth-order valence-corrected chi connectivity index (χ4v) is 1.99. The minimum absolute atomic E-state index is 0.0859. The van der Waals surface area contributed by atoms with E-state index in [-0.39, 0.29) is 11.6 Å². The molecule has 0 aliphatic rings. The second kappa shape index (κ2) is 6.17. The van der Waals surface area contributed by atoms with Crippen LogP contribution in [0.2, 0.25) is 0 Å². The molecule has 1 heterocycles. The summed E-state index contributed by atoms with van der Waals surface area (Å²) >= 11 is 0. The van der Waals surface area contributed by atoms with Crippen LogP contribution < -0.4 is 0 Å². The monoisotopic (exact) mass is 309 g/mol. The molecular weight excluding hydrogens is 295 g/mol. The van der Waals surface area contributed by atoms with E-state index in [0.29, 0.717) is 5.56 Å². The highest BCUT2D eigenvalue weighted by Crippen LogP contribution is 2.30. The van der Waals surface area contributed by atoms with Crippen molar-refractivity contribution in [2.45, 2.75) is 19.8 Å². The number of rotatable bonds is 3. The number of carbonyl (C=O) groups is 1. The van der Waals surface area contributed by atoms with Crippen LogP contribution in [0.4, 0.5) is 13.2 Å². The van der Waals surface area contributed by atoms with Crippen molar-refractivity contribution in [3.63, 3.8) is 0 Å². The first kappa shape index (κ1) is 16.0. The molecule has 0 atom stereocenters. The molecule has 116 valence electrons. The molecule has 1 aromatic heterocycles. The van der Waals surface area contributed by atoms with Crippen LogP contribution in [0.5, 0.6) is 0 Å². The lowest BCUT2D eigenvalue weighted by Crippen LogP contribution is -2.07. The quantitative estimate of drug-likeness (QED) is 0.802. The van der Waals surface area contributed by atoms with E-state index in [9.17, 15) is 18.0 Å². The predicted octanol–water partition coefficient (Wildman–Crippen LogP) is 4.08. The van der Waals surface area contributed by atoms with Gasteiger partial charge in [-0.2, -0.15) is 0 Å². The van der Waals surface area contributed by atoms with E-state index in [1.54, 1.807) is 13.8 Å². The van der Waals surface area contributed by atoms with Crippen molar-refractivity contribution in [1.82, 2.24) is 4.98 Å². The molecule has 22 heavy (non-hydrogen) atoms. The first-order valence-electron chi connectivity index (χ1n) is 6.59. The topological polar surface area (TPSA) is 39.2 Å². The summed E-state index contributed by atoms with van der Waals surface area (Å²) in [4.78, 5) is 15.1. The summed E-state index contributed by atoms with van der Waals surface area (Å²) in [6, 6.07) is 4.27. The van der Waals surface area contributed by atoms with Crippen molar-refractivity contribution in [2.24, 2.45) is 0 Å². The number of benzene rings is 1. The van der Waals surface area contributed by atoms with Gasteiger partial charge in [0, 0.05) is 0 Å². The molecule has 0 fully saturated rings. The van der Waals surface area contributed by atoms with Gasteiger partial charge in [0.25, 0.3) is 0 Å². The molecule has 6 heteroatoms. The summed E-state index contributed by atoms with van der Waals surface area (Å²) in [7, 11) is 1.13. The molecule has 2 aromatic rings. The number of ether oxygens (including phenoxy) is 1. The average Bonchev–Trinajstić information content (AvgIpc) is 2.47. The molecule has 0 N–H and O–H groups in total. The van der Waals surface area contributed by atoms with Gasteiger partial charge >= 0.3 is 5.97 Å². The minimum Gasteiger partial charge on any atom is -0.464 e. The highest BCUT2D eigenvalue weighted by Gasteiger charge is 2.21. The molecule has 0 radical (unpaired) electrons. The van der Waals surface area contributed by atoms with Crippen molar-refractivity contribution < 1.29 is 22.7 Å². The zero-order valence-electron chi connectivity index (χ0n) is 12.3. The van der Waals surface area contributed by atoms with Crippen LogP contribution in [0.25, 0.3) is 11.3 Å². The van der Waals surface area contributed by atoms with Gasteiger partial charge < -0.3 is 4.74 Å². The highest BCUT2D eigenvalue weighted by molar-refractivity contribution is 5.87. The van der Waals surface area contributed by atoms with Gasteiger partial charge in [0.05, 0.1) is 12.7 Å². The van der Waals surface area contributed by atoms with E-state index in [1.807, 2.05) is 0 Å². The Bertz CT molecular complexity index is 706.